The zero-order chi connectivity index (χ0) is 10.8. The Labute approximate surface area is 89.0 Å². The van der Waals surface area contributed by atoms with Crippen LogP contribution in [0.5, 0.6) is 0 Å². The largest absolute Gasteiger partial charge is 0.308 e. The second-order valence-electron chi connectivity index (χ2n) is 5.68. The standard InChI is InChI=1S/C13H25N/c1-6-11(3)14-12-7-8-13(4,5)9-10(12)2/h6,10-12,14H,1,7-9H2,2-5H3. The first-order valence-corrected chi connectivity index (χ1v) is 5.83. The second kappa shape index (κ2) is 4.48. The molecule has 1 aliphatic rings. The summed E-state index contributed by atoms with van der Waals surface area (Å²) < 4.78 is 0. The topological polar surface area (TPSA) is 12.0 Å². The van der Waals surface area contributed by atoms with E-state index in [1.54, 1.807) is 0 Å². The fourth-order valence-corrected chi connectivity index (χ4v) is 2.60. The Morgan fingerprint density at radius 3 is 2.64 bits per heavy atom. The van der Waals surface area contributed by atoms with Crippen molar-refractivity contribution < 1.29 is 0 Å². The smallest absolute Gasteiger partial charge is 0.0221 e. The van der Waals surface area contributed by atoms with E-state index >= 15 is 0 Å². The van der Waals surface area contributed by atoms with Gasteiger partial charge in [-0.05, 0) is 37.5 Å². The SMILES string of the molecule is C=CC(C)NC1CCC(C)(C)CC1C. The van der Waals surface area contributed by atoms with Gasteiger partial charge in [-0.15, -0.1) is 6.58 Å². The van der Waals surface area contributed by atoms with E-state index in [9.17, 15) is 0 Å². The molecule has 1 rings (SSSR count). The maximum atomic E-state index is 3.82. The fraction of sp³-hybridized carbons (Fsp3) is 0.846. The molecule has 3 atom stereocenters. The maximum absolute atomic E-state index is 3.82. The van der Waals surface area contributed by atoms with E-state index < -0.39 is 0 Å². The van der Waals surface area contributed by atoms with Gasteiger partial charge in [-0.1, -0.05) is 26.8 Å². The average Bonchev–Trinajstić information content (AvgIpc) is 2.09. The Kier molecular flexibility index (Phi) is 3.77. The fourth-order valence-electron chi connectivity index (χ4n) is 2.60. The Bertz CT molecular complexity index is 195. The van der Waals surface area contributed by atoms with E-state index in [-0.39, 0.29) is 0 Å². The minimum absolute atomic E-state index is 0.448. The van der Waals surface area contributed by atoms with Gasteiger partial charge in [-0.3, -0.25) is 0 Å². The lowest BCUT2D eigenvalue weighted by Crippen LogP contribution is -2.44. The monoisotopic (exact) mass is 195 g/mol. The molecule has 1 nitrogen and oxygen atoms in total. The van der Waals surface area contributed by atoms with Crippen molar-refractivity contribution in [1.29, 1.82) is 0 Å². The van der Waals surface area contributed by atoms with E-state index in [0.717, 1.165) is 5.92 Å². The van der Waals surface area contributed by atoms with E-state index in [0.29, 0.717) is 17.5 Å². The first kappa shape index (κ1) is 11.8. The number of hydrogen-bond acceptors (Lipinski definition) is 1. The molecule has 0 saturated heterocycles. The van der Waals surface area contributed by atoms with Crippen LogP contribution in [0.3, 0.4) is 0 Å². The van der Waals surface area contributed by atoms with E-state index in [1.807, 2.05) is 6.08 Å². The van der Waals surface area contributed by atoms with Crippen LogP contribution in [-0.2, 0) is 0 Å². The van der Waals surface area contributed by atoms with Crippen LogP contribution in [0.15, 0.2) is 12.7 Å². The van der Waals surface area contributed by atoms with Crippen LogP contribution in [0.4, 0.5) is 0 Å². The van der Waals surface area contributed by atoms with Crippen molar-refractivity contribution in [2.45, 2.75) is 59.0 Å². The van der Waals surface area contributed by atoms with Gasteiger partial charge in [0.25, 0.3) is 0 Å². The molecule has 0 aromatic heterocycles. The molecule has 3 unspecified atom stereocenters. The molecule has 0 aliphatic heterocycles. The molecule has 0 heterocycles. The van der Waals surface area contributed by atoms with Crippen molar-refractivity contribution >= 4 is 0 Å². The highest BCUT2D eigenvalue weighted by Crippen LogP contribution is 2.38. The van der Waals surface area contributed by atoms with Gasteiger partial charge in [0.15, 0.2) is 0 Å². The van der Waals surface area contributed by atoms with Crippen LogP contribution in [-0.4, -0.2) is 12.1 Å². The zero-order valence-corrected chi connectivity index (χ0v) is 10.1. The molecule has 0 amide bonds. The van der Waals surface area contributed by atoms with Gasteiger partial charge in [0.2, 0.25) is 0 Å². The quantitative estimate of drug-likeness (QED) is 0.681. The minimum atomic E-state index is 0.448. The van der Waals surface area contributed by atoms with Gasteiger partial charge in [0, 0.05) is 12.1 Å². The first-order chi connectivity index (χ1) is 6.44. The summed E-state index contributed by atoms with van der Waals surface area (Å²) in [6, 6.07) is 1.14. The van der Waals surface area contributed by atoms with Crippen molar-refractivity contribution in [3.05, 3.63) is 12.7 Å². The van der Waals surface area contributed by atoms with Crippen molar-refractivity contribution in [3.63, 3.8) is 0 Å². The predicted molar refractivity (Wildman–Crippen MR) is 63.4 cm³/mol. The molecule has 0 aromatic carbocycles. The summed E-state index contributed by atoms with van der Waals surface area (Å²) >= 11 is 0. The molecule has 1 aliphatic carbocycles. The average molecular weight is 195 g/mol. The highest BCUT2D eigenvalue weighted by molar-refractivity contribution is 4.91. The Morgan fingerprint density at radius 2 is 2.14 bits per heavy atom. The molecule has 14 heavy (non-hydrogen) atoms. The normalized spacial score (nSPS) is 33.7. The van der Waals surface area contributed by atoms with Crippen LogP contribution < -0.4 is 5.32 Å². The molecule has 0 radical (unpaired) electrons. The third-order valence-electron chi connectivity index (χ3n) is 3.52. The first-order valence-electron chi connectivity index (χ1n) is 5.83. The Morgan fingerprint density at radius 1 is 1.50 bits per heavy atom. The van der Waals surface area contributed by atoms with Crippen molar-refractivity contribution in [2.75, 3.05) is 0 Å². The van der Waals surface area contributed by atoms with Crippen LogP contribution in [0.25, 0.3) is 0 Å². The molecule has 1 saturated carbocycles. The Balaban J connectivity index is 2.46. The highest BCUT2D eigenvalue weighted by atomic mass is 14.9. The summed E-state index contributed by atoms with van der Waals surface area (Å²) in [4.78, 5) is 0. The molecule has 1 N–H and O–H groups in total. The minimum Gasteiger partial charge on any atom is -0.308 e. The van der Waals surface area contributed by atoms with Crippen molar-refractivity contribution in [1.82, 2.24) is 5.32 Å². The summed E-state index contributed by atoms with van der Waals surface area (Å²) in [5.41, 5.74) is 0.551. The lowest BCUT2D eigenvalue weighted by molar-refractivity contribution is 0.146. The number of rotatable bonds is 3. The van der Waals surface area contributed by atoms with E-state index in [2.05, 4.69) is 39.6 Å². The van der Waals surface area contributed by atoms with E-state index in [1.165, 1.54) is 19.3 Å². The summed E-state index contributed by atoms with van der Waals surface area (Å²) in [5.74, 6) is 0.793. The van der Waals surface area contributed by atoms with Crippen LogP contribution in [0.1, 0.15) is 47.0 Å². The third kappa shape index (κ3) is 3.13. The second-order valence-corrected chi connectivity index (χ2v) is 5.68. The number of hydrogen-bond donors (Lipinski definition) is 1. The maximum Gasteiger partial charge on any atom is 0.0221 e. The molecule has 0 spiro atoms. The van der Waals surface area contributed by atoms with Gasteiger partial charge >= 0.3 is 0 Å². The van der Waals surface area contributed by atoms with Crippen LogP contribution in [0, 0.1) is 11.3 Å². The van der Waals surface area contributed by atoms with Crippen molar-refractivity contribution in [2.24, 2.45) is 11.3 Å². The van der Waals surface area contributed by atoms with Gasteiger partial charge in [0.1, 0.15) is 0 Å². The van der Waals surface area contributed by atoms with Gasteiger partial charge in [0.05, 0.1) is 0 Å². The van der Waals surface area contributed by atoms with Crippen molar-refractivity contribution in [3.8, 4) is 0 Å². The lowest BCUT2D eigenvalue weighted by atomic mass is 9.70. The number of nitrogens with one attached hydrogen (secondary N) is 1. The summed E-state index contributed by atoms with van der Waals surface area (Å²) in [6.07, 6.45) is 5.99. The molecule has 1 heteroatoms. The van der Waals surface area contributed by atoms with Gasteiger partial charge < -0.3 is 5.32 Å². The van der Waals surface area contributed by atoms with Gasteiger partial charge in [-0.25, -0.2) is 0 Å². The summed E-state index contributed by atoms with van der Waals surface area (Å²) in [6.45, 7) is 13.1. The van der Waals surface area contributed by atoms with Crippen LogP contribution in [0.2, 0.25) is 0 Å². The Hall–Kier alpha value is -0.300. The van der Waals surface area contributed by atoms with E-state index in [4.69, 9.17) is 0 Å². The molecule has 1 fully saturated rings. The van der Waals surface area contributed by atoms with Gasteiger partial charge in [-0.2, -0.15) is 0 Å². The molecular weight excluding hydrogens is 170 g/mol. The summed E-state index contributed by atoms with van der Waals surface area (Å²) in [5, 5.41) is 3.64. The highest BCUT2D eigenvalue weighted by Gasteiger charge is 2.32. The van der Waals surface area contributed by atoms with Crippen LogP contribution >= 0.6 is 0 Å². The summed E-state index contributed by atoms with van der Waals surface area (Å²) in [7, 11) is 0. The molecule has 82 valence electrons. The molecule has 0 bridgehead atoms. The zero-order valence-electron chi connectivity index (χ0n) is 10.1. The lowest BCUT2D eigenvalue weighted by Gasteiger charge is -2.40. The predicted octanol–water partition coefficient (Wildman–Crippen LogP) is 3.37. The molecular formula is C13H25N. The third-order valence-corrected chi connectivity index (χ3v) is 3.52. The molecule has 0 aromatic rings.